The number of benzene rings is 2. The van der Waals surface area contributed by atoms with Gasteiger partial charge in [0.05, 0.1) is 15.6 Å². The zero-order valence-corrected chi connectivity index (χ0v) is 11.7. The molecule has 0 aromatic heterocycles. The van der Waals surface area contributed by atoms with Gasteiger partial charge in [0.1, 0.15) is 11.5 Å². The summed E-state index contributed by atoms with van der Waals surface area (Å²) in [6, 6.07) is 8.78. The van der Waals surface area contributed by atoms with E-state index in [1.807, 2.05) is 0 Å². The van der Waals surface area contributed by atoms with Crippen LogP contribution in [0, 0.1) is 0 Å². The van der Waals surface area contributed by atoms with Crippen LogP contribution >= 0.6 is 23.2 Å². The Labute approximate surface area is 125 Å². The lowest BCUT2D eigenvalue weighted by Crippen LogP contribution is -1.94. The van der Waals surface area contributed by atoms with Gasteiger partial charge in [-0.05, 0) is 35.9 Å². The Balaban J connectivity index is 2.22. The van der Waals surface area contributed by atoms with Crippen molar-refractivity contribution in [2.75, 3.05) is 0 Å². The van der Waals surface area contributed by atoms with E-state index >= 15 is 0 Å². The molecule has 0 amide bonds. The molecule has 0 heterocycles. The van der Waals surface area contributed by atoms with Gasteiger partial charge in [0.25, 0.3) is 0 Å². The Bertz CT molecular complexity index is 694. The highest BCUT2D eigenvalue weighted by Gasteiger charge is 2.08. The molecule has 20 heavy (non-hydrogen) atoms. The van der Waals surface area contributed by atoms with Crippen molar-refractivity contribution in [2.45, 2.75) is 0 Å². The van der Waals surface area contributed by atoms with Gasteiger partial charge in [-0.25, -0.2) is 0 Å². The highest BCUT2D eigenvalue weighted by atomic mass is 35.5. The predicted molar refractivity (Wildman–Crippen MR) is 79.6 cm³/mol. The number of ketones is 1. The van der Waals surface area contributed by atoms with Crippen molar-refractivity contribution in [1.29, 1.82) is 0 Å². The first kappa shape index (κ1) is 14.4. The van der Waals surface area contributed by atoms with Crippen LogP contribution in [0.4, 0.5) is 0 Å². The number of phenols is 2. The quantitative estimate of drug-likeness (QED) is 0.656. The summed E-state index contributed by atoms with van der Waals surface area (Å²) in [6.45, 7) is 0. The third-order valence-electron chi connectivity index (χ3n) is 2.62. The molecule has 0 aliphatic heterocycles. The average molecular weight is 309 g/mol. The second-order valence-electron chi connectivity index (χ2n) is 4.07. The molecule has 0 spiro atoms. The van der Waals surface area contributed by atoms with Gasteiger partial charge in [0.15, 0.2) is 5.78 Å². The zero-order valence-electron chi connectivity index (χ0n) is 10.2. The monoisotopic (exact) mass is 308 g/mol. The summed E-state index contributed by atoms with van der Waals surface area (Å²) in [7, 11) is 0. The number of allylic oxidation sites excluding steroid dienone is 1. The third kappa shape index (κ3) is 3.32. The first-order chi connectivity index (χ1) is 9.47. The number of phenolic OH excluding ortho intramolecular Hbond substituents is 2. The van der Waals surface area contributed by atoms with E-state index in [1.54, 1.807) is 24.3 Å². The first-order valence-corrected chi connectivity index (χ1v) is 6.42. The van der Waals surface area contributed by atoms with Gasteiger partial charge in [-0.2, -0.15) is 0 Å². The van der Waals surface area contributed by atoms with E-state index in [-0.39, 0.29) is 22.8 Å². The van der Waals surface area contributed by atoms with Crippen LogP contribution in [0.25, 0.3) is 6.08 Å². The van der Waals surface area contributed by atoms with E-state index in [2.05, 4.69) is 0 Å². The molecular formula is C15H10Cl2O3. The van der Waals surface area contributed by atoms with Crippen molar-refractivity contribution in [3.63, 3.8) is 0 Å². The minimum atomic E-state index is -0.381. The van der Waals surface area contributed by atoms with Crippen LogP contribution in [0.1, 0.15) is 15.9 Å². The van der Waals surface area contributed by atoms with E-state index in [0.717, 1.165) is 6.07 Å². The summed E-state index contributed by atoms with van der Waals surface area (Å²) in [5.41, 5.74) is 0.824. The van der Waals surface area contributed by atoms with Crippen LogP contribution in [0.5, 0.6) is 11.5 Å². The maximum atomic E-state index is 11.9. The second kappa shape index (κ2) is 5.99. The molecule has 0 saturated carbocycles. The lowest BCUT2D eigenvalue weighted by Gasteiger charge is -2.01. The van der Waals surface area contributed by atoms with Gasteiger partial charge in [0, 0.05) is 6.07 Å². The van der Waals surface area contributed by atoms with E-state index in [0.29, 0.717) is 15.6 Å². The fourth-order valence-electron chi connectivity index (χ4n) is 1.61. The topological polar surface area (TPSA) is 57.5 Å². The van der Waals surface area contributed by atoms with Gasteiger partial charge in [-0.15, -0.1) is 0 Å². The van der Waals surface area contributed by atoms with Crippen LogP contribution in [-0.2, 0) is 0 Å². The van der Waals surface area contributed by atoms with Crippen LogP contribution in [-0.4, -0.2) is 16.0 Å². The maximum Gasteiger partial charge on any atom is 0.189 e. The standard InChI is InChI=1S/C15H10Cl2O3/c16-12-5-1-9(7-13(12)17)2-6-14(19)11-4-3-10(18)8-15(11)20/h1-8,18,20H. The van der Waals surface area contributed by atoms with E-state index < -0.39 is 0 Å². The molecule has 0 bridgehead atoms. The zero-order chi connectivity index (χ0) is 14.7. The summed E-state index contributed by atoms with van der Waals surface area (Å²) in [6.07, 6.45) is 2.88. The number of rotatable bonds is 3. The Morgan fingerprint density at radius 3 is 2.40 bits per heavy atom. The lowest BCUT2D eigenvalue weighted by atomic mass is 10.1. The Morgan fingerprint density at radius 2 is 1.75 bits per heavy atom. The second-order valence-corrected chi connectivity index (χ2v) is 4.89. The van der Waals surface area contributed by atoms with Gasteiger partial charge >= 0.3 is 0 Å². The van der Waals surface area contributed by atoms with Crippen molar-refractivity contribution in [3.8, 4) is 11.5 Å². The van der Waals surface area contributed by atoms with E-state index in [9.17, 15) is 9.90 Å². The smallest absolute Gasteiger partial charge is 0.189 e. The predicted octanol–water partition coefficient (Wildman–Crippen LogP) is 4.30. The molecule has 2 N–H and O–H groups in total. The normalized spacial score (nSPS) is 10.9. The molecule has 0 atom stereocenters. The number of hydrogen-bond donors (Lipinski definition) is 2. The van der Waals surface area contributed by atoms with Crippen LogP contribution < -0.4 is 0 Å². The molecule has 2 aromatic carbocycles. The minimum absolute atomic E-state index is 0.104. The molecule has 3 nitrogen and oxygen atoms in total. The van der Waals surface area contributed by atoms with Crippen molar-refractivity contribution >= 4 is 35.1 Å². The molecule has 0 aliphatic carbocycles. The van der Waals surface area contributed by atoms with E-state index in [1.165, 1.54) is 18.2 Å². The largest absolute Gasteiger partial charge is 0.508 e. The SMILES string of the molecule is O=C(C=Cc1ccc(Cl)c(Cl)c1)c1ccc(O)cc1O. The van der Waals surface area contributed by atoms with Crippen LogP contribution in [0.3, 0.4) is 0 Å². The molecular weight excluding hydrogens is 299 g/mol. The van der Waals surface area contributed by atoms with Gasteiger partial charge in [-0.1, -0.05) is 35.3 Å². The number of carbonyl (C=O) groups excluding carboxylic acids is 1. The number of aromatic hydroxyl groups is 2. The molecule has 0 fully saturated rings. The molecule has 5 heteroatoms. The Kier molecular flexibility index (Phi) is 4.32. The Hall–Kier alpha value is -1.97. The molecule has 102 valence electrons. The van der Waals surface area contributed by atoms with Gasteiger partial charge in [-0.3, -0.25) is 4.79 Å². The third-order valence-corrected chi connectivity index (χ3v) is 3.36. The molecule has 2 rings (SSSR count). The highest BCUT2D eigenvalue weighted by molar-refractivity contribution is 6.42. The molecule has 0 aliphatic rings. The number of hydrogen-bond acceptors (Lipinski definition) is 3. The van der Waals surface area contributed by atoms with Crippen LogP contribution in [0.15, 0.2) is 42.5 Å². The maximum absolute atomic E-state index is 11.9. The highest BCUT2D eigenvalue weighted by Crippen LogP contribution is 2.25. The van der Waals surface area contributed by atoms with E-state index in [4.69, 9.17) is 28.3 Å². The molecule has 2 aromatic rings. The fraction of sp³-hybridized carbons (Fsp3) is 0. The number of carbonyl (C=O) groups is 1. The average Bonchev–Trinajstić information content (AvgIpc) is 2.40. The molecule has 0 saturated heterocycles. The summed E-state index contributed by atoms with van der Waals surface area (Å²) in [4.78, 5) is 11.9. The summed E-state index contributed by atoms with van der Waals surface area (Å²) >= 11 is 11.7. The van der Waals surface area contributed by atoms with Crippen molar-refractivity contribution < 1.29 is 15.0 Å². The summed E-state index contributed by atoms with van der Waals surface area (Å²) in [5, 5.41) is 19.6. The van der Waals surface area contributed by atoms with Gasteiger partial charge in [0.2, 0.25) is 0 Å². The fourth-order valence-corrected chi connectivity index (χ4v) is 1.91. The lowest BCUT2D eigenvalue weighted by molar-refractivity contribution is 0.104. The van der Waals surface area contributed by atoms with Crippen molar-refractivity contribution in [3.05, 3.63) is 63.6 Å². The van der Waals surface area contributed by atoms with Crippen molar-refractivity contribution in [1.82, 2.24) is 0 Å². The minimum Gasteiger partial charge on any atom is -0.508 e. The van der Waals surface area contributed by atoms with Gasteiger partial charge < -0.3 is 10.2 Å². The Morgan fingerprint density at radius 1 is 1.00 bits per heavy atom. The van der Waals surface area contributed by atoms with Crippen LogP contribution in [0.2, 0.25) is 10.0 Å². The summed E-state index contributed by atoms with van der Waals surface area (Å²) < 4.78 is 0. The summed E-state index contributed by atoms with van der Waals surface area (Å²) in [5.74, 6) is -0.755. The molecule has 0 radical (unpaired) electrons. The first-order valence-electron chi connectivity index (χ1n) is 5.67. The van der Waals surface area contributed by atoms with Crippen molar-refractivity contribution in [2.24, 2.45) is 0 Å². The number of halogens is 2. The molecule has 0 unspecified atom stereocenters.